The van der Waals surface area contributed by atoms with Gasteiger partial charge in [0.15, 0.2) is 0 Å². The Bertz CT molecular complexity index is 494. The van der Waals surface area contributed by atoms with Crippen molar-refractivity contribution in [3.05, 3.63) is 35.4 Å². The topological polar surface area (TPSA) is 43.4 Å². The fourth-order valence-corrected chi connectivity index (χ4v) is 1.82. The van der Waals surface area contributed by atoms with E-state index in [-0.39, 0.29) is 0 Å². The van der Waals surface area contributed by atoms with E-state index in [2.05, 4.69) is 4.18 Å². The largest absolute Gasteiger partial charge is 0.523 e. The molecule has 0 aliphatic rings. The van der Waals surface area contributed by atoms with Crippen LogP contribution in [0.25, 0.3) is 0 Å². The van der Waals surface area contributed by atoms with Gasteiger partial charge in [-0.15, -0.1) is 0 Å². The van der Waals surface area contributed by atoms with Crippen molar-refractivity contribution in [2.45, 2.75) is 25.5 Å². The maximum atomic E-state index is 12.1. The Morgan fingerprint density at radius 3 is 2.35 bits per heavy atom. The van der Waals surface area contributed by atoms with Crippen molar-refractivity contribution in [3.63, 3.8) is 0 Å². The van der Waals surface area contributed by atoms with Crippen LogP contribution in [-0.4, -0.2) is 13.9 Å². The van der Waals surface area contributed by atoms with Crippen LogP contribution in [0.1, 0.15) is 24.2 Å². The molecule has 1 atom stereocenters. The Labute approximate surface area is 97.3 Å². The molecule has 0 N–H and O–H groups in total. The van der Waals surface area contributed by atoms with Crippen LogP contribution in [0.2, 0.25) is 0 Å². The van der Waals surface area contributed by atoms with Crippen molar-refractivity contribution in [1.29, 1.82) is 0 Å². The summed E-state index contributed by atoms with van der Waals surface area (Å²) in [6.45, 7) is 2.99. The first-order valence-electron chi connectivity index (χ1n) is 4.69. The first kappa shape index (κ1) is 14.0. The van der Waals surface area contributed by atoms with Gasteiger partial charge in [-0.05, 0) is 19.4 Å². The van der Waals surface area contributed by atoms with Crippen LogP contribution >= 0.6 is 0 Å². The summed E-state index contributed by atoms with van der Waals surface area (Å²) in [6.07, 6.45) is -1.18. The average Bonchev–Trinajstić information content (AvgIpc) is 2.15. The Hall–Kier alpha value is -1.08. The summed E-state index contributed by atoms with van der Waals surface area (Å²) in [5.74, 6) is 0. The predicted molar refractivity (Wildman–Crippen MR) is 55.7 cm³/mol. The van der Waals surface area contributed by atoms with E-state index in [1.54, 1.807) is 25.1 Å². The number of rotatable bonds is 3. The Morgan fingerprint density at radius 2 is 1.88 bits per heavy atom. The van der Waals surface area contributed by atoms with Gasteiger partial charge in [-0.3, -0.25) is 4.18 Å². The third kappa shape index (κ3) is 3.44. The van der Waals surface area contributed by atoms with Gasteiger partial charge in [0.25, 0.3) is 0 Å². The number of aryl methyl sites for hydroxylation is 1. The van der Waals surface area contributed by atoms with Gasteiger partial charge in [-0.1, -0.05) is 29.8 Å². The molecule has 0 saturated carbocycles. The summed E-state index contributed by atoms with van der Waals surface area (Å²) >= 11 is 0. The van der Waals surface area contributed by atoms with Gasteiger partial charge in [-0.2, -0.15) is 21.6 Å². The lowest BCUT2D eigenvalue weighted by molar-refractivity contribution is -0.0569. The summed E-state index contributed by atoms with van der Waals surface area (Å²) in [5, 5.41) is 0. The van der Waals surface area contributed by atoms with Crippen LogP contribution in [0, 0.1) is 6.92 Å². The summed E-state index contributed by atoms with van der Waals surface area (Å²) in [6, 6.07) is 6.43. The lowest BCUT2D eigenvalue weighted by Crippen LogP contribution is -2.26. The molecule has 0 aliphatic carbocycles. The molecule has 0 spiro atoms. The zero-order chi connectivity index (χ0) is 13.3. The van der Waals surface area contributed by atoms with Gasteiger partial charge in [-0.25, -0.2) is 0 Å². The lowest BCUT2D eigenvalue weighted by atomic mass is 10.1. The molecule has 0 radical (unpaired) electrons. The van der Waals surface area contributed by atoms with Gasteiger partial charge in [0.2, 0.25) is 0 Å². The highest BCUT2D eigenvalue weighted by molar-refractivity contribution is 7.87. The van der Waals surface area contributed by atoms with Crippen LogP contribution in [0.5, 0.6) is 0 Å². The summed E-state index contributed by atoms with van der Waals surface area (Å²) in [5.41, 5.74) is -4.22. The maximum Gasteiger partial charge on any atom is 0.523 e. The van der Waals surface area contributed by atoms with E-state index in [0.29, 0.717) is 5.56 Å². The third-order valence-electron chi connectivity index (χ3n) is 2.07. The molecule has 7 heteroatoms. The van der Waals surface area contributed by atoms with E-state index in [1.807, 2.05) is 0 Å². The SMILES string of the molecule is Cc1cccc(C(C)OS(=O)(=O)C(F)(F)F)c1. The molecule has 1 rings (SSSR count). The molecule has 0 fully saturated rings. The van der Waals surface area contributed by atoms with Crippen molar-refractivity contribution in [2.24, 2.45) is 0 Å². The van der Waals surface area contributed by atoms with E-state index in [0.717, 1.165) is 5.56 Å². The minimum Gasteiger partial charge on any atom is -0.255 e. The molecule has 1 aromatic rings. The smallest absolute Gasteiger partial charge is 0.255 e. The molecule has 0 bridgehead atoms. The monoisotopic (exact) mass is 268 g/mol. The minimum atomic E-state index is -5.56. The predicted octanol–water partition coefficient (Wildman–Crippen LogP) is 2.92. The minimum absolute atomic E-state index is 0.373. The normalized spacial score (nSPS) is 14.6. The molecule has 96 valence electrons. The highest BCUT2D eigenvalue weighted by atomic mass is 32.2. The Morgan fingerprint density at radius 1 is 1.29 bits per heavy atom. The van der Waals surface area contributed by atoms with Crippen LogP contribution in [0.3, 0.4) is 0 Å². The first-order chi connectivity index (χ1) is 7.63. The summed E-state index contributed by atoms with van der Waals surface area (Å²) < 4.78 is 61.9. The third-order valence-corrected chi connectivity index (χ3v) is 3.18. The number of alkyl halides is 3. The summed E-state index contributed by atoms with van der Waals surface area (Å²) in [7, 11) is -5.56. The fourth-order valence-electron chi connectivity index (χ4n) is 1.22. The van der Waals surface area contributed by atoms with Gasteiger partial charge in [0, 0.05) is 0 Å². The molecule has 3 nitrogen and oxygen atoms in total. The van der Waals surface area contributed by atoms with Gasteiger partial charge in [0.05, 0.1) is 6.10 Å². The van der Waals surface area contributed by atoms with Crippen molar-refractivity contribution in [1.82, 2.24) is 0 Å². The van der Waals surface area contributed by atoms with Gasteiger partial charge >= 0.3 is 15.6 Å². The van der Waals surface area contributed by atoms with E-state index in [1.165, 1.54) is 13.0 Å². The van der Waals surface area contributed by atoms with E-state index in [4.69, 9.17) is 0 Å². The second kappa shape index (κ2) is 4.66. The molecule has 0 heterocycles. The highest BCUT2D eigenvalue weighted by Crippen LogP contribution is 2.30. The molecule has 1 unspecified atom stereocenters. The van der Waals surface area contributed by atoms with E-state index < -0.39 is 21.7 Å². The second-order valence-electron chi connectivity index (χ2n) is 3.55. The molecule has 1 aromatic carbocycles. The number of hydrogen-bond donors (Lipinski definition) is 0. The molecular weight excluding hydrogens is 257 g/mol. The van der Waals surface area contributed by atoms with Crippen LogP contribution in [-0.2, 0) is 14.3 Å². The number of hydrogen-bond acceptors (Lipinski definition) is 3. The number of benzene rings is 1. The maximum absolute atomic E-state index is 12.1. The van der Waals surface area contributed by atoms with Crippen molar-refractivity contribution in [2.75, 3.05) is 0 Å². The highest BCUT2D eigenvalue weighted by Gasteiger charge is 2.48. The standard InChI is InChI=1S/C10H11F3O3S/c1-7-4-3-5-9(6-7)8(2)16-17(14,15)10(11,12)13/h3-6,8H,1-2H3. The van der Waals surface area contributed by atoms with Crippen molar-refractivity contribution >= 4 is 10.1 Å². The zero-order valence-corrected chi connectivity index (χ0v) is 9.97. The van der Waals surface area contributed by atoms with Crippen LogP contribution in [0.15, 0.2) is 24.3 Å². The molecular formula is C10H11F3O3S. The first-order valence-corrected chi connectivity index (χ1v) is 6.10. The molecule has 0 saturated heterocycles. The Balaban J connectivity index is 2.91. The second-order valence-corrected chi connectivity index (χ2v) is 5.12. The van der Waals surface area contributed by atoms with Gasteiger partial charge < -0.3 is 0 Å². The Kier molecular flexibility index (Phi) is 3.83. The average molecular weight is 268 g/mol. The fraction of sp³-hybridized carbons (Fsp3) is 0.400. The van der Waals surface area contributed by atoms with E-state index in [9.17, 15) is 21.6 Å². The van der Waals surface area contributed by atoms with Crippen molar-refractivity contribution in [3.8, 4) is 0 Å². The van der Waals surface area contributed by atoms with Crippen molar-refractivity contribution < 1.29 is 25.8 Å². The number of halogens is 3. The molecule has 17 heavy (non-hydrogen) atoms. The molecule has 0 aromatic heterocycles. The molecule has 0 aliphatic heterocycles. The lowest BCUT2D eigenvalue weighted by Gasteiger charge is -2.15. The van der Waals surface area contributed by atoms with Crippen LogP contribution < -0.4 is 0 Å². The summed E-state index contributed by atoms with van der Waals surface area (Å²) in [4.78, 5) is 0. The van der Waals surface area contributed by atoms with E-state index >= 15 is 0 Å². The van der Waals surface area contributed by atoms with Gasteiger partial charge in [0.1, 0.15) is 0 Å². The quantitative estimate of drug-likeness (QED) is 0.625. The zero-order valence-electron chi connectivity index (χ0n) is 9.15. The van der Waals surface area contributed by atoms with Crippen LogP contribution in [0.4, 0.5) is 13.2 Å². The molecule has 0 amide bonds.